The van der Waals surface area contributed by atoms with E-state index in [1.807, 2.05) is 13.8 Å². The highest BCUT2D eigenvalue weighted by Gasteiger charge is 2.27. The van der Waals surface area contributed by atoms with Crippen molar-refractivity contribution in [1.29, 1.82) is 0 Å². The summed E-state index contributed by atoms with van der Waals surface area (Å²) in [6.45, 7) is 3.75. The number of alkyl halides is 1. The largest absolute Gasteiger partial charge is 0.290 e. The first kappa shape index (κ1) is 14.1. The summed E-state index contributed by atoms with van der Waals surface area (Å²) in [4.78, 5) is 23.9. The first-order valence-electron chi connectivity index (χ1n) is 6.35. The molecule has 3 heteroatoms. The van der Waals surface area contributed by atoms with Gasteiger partial charge < -0.3 is 0 Å². The minimum Gasteiger partial charge on any atom is -0.290 e. The Balaban J connectivity index is 2.20. The Morgan fingerprint density at radius 3 is 1.35 bits per heavy atom. The topological polar surface area (TPSA) is 34.1 Å². The molecule has 0 saturated carbocycles. The molecular weight excluding hydrogens is 255 g/mol. The maximum atomic E-state index is 14.1. The quantitative estimate of drug-likeness (QED) is 0.627. The van der Waals surface area contributed by atoms with Gasteiger partial charge in [-0.25, -0.2) is 4.39 Å². The Morgan fingerprint density at radius 1 is 0.750 bits per heavy atom. The SMILES string of the molecule is Cc1ccc(C(=O)C(F)C(=O)c2ccc(C)cc2)cc1. The molecule has 102 valence electrons. The first-order valence-corrected chi connectivity index (χ1v) is 6.35. The molecule has 0 bridgehead atoms. The lowest BCUT2D eigenvalue weighted by atomic mass is 9.98. The van der Waals surface area contributed by atoms with Crippen LogP contribution < -0.4 is 0 Å². The molecule has 0 spiro atoms. The van der Waals surface area contributed by atoms with E-state index in [0.29, 0.717) is 0 Å². The molecule has 0 fully saturated rings. The molecule has 2 nitrogen and oxygen atoms in total. The molecule has 0 saturated heterocycles. The third-order valence-corrected chi connectivity index (χ3v) is 3.13. The average molecular weight is 270 g/mol. The van der Waals surface area contributed by atoms with E-state index >= 15 is 0 Å². The Labute approximate surface area is 117 Å². The molecule has 0 aliphatic rings. The van der Waals surface area contributed by atoms with Gasteiger partial charge in [0.05, 0.1) is 0 Å². The van der Waals surface area contributed by atoms with Crippen LogP contribution in [0.5, 0.6) is 0 Å². The van der Waals surface area contributed by atoms with Gasteiger partial charge in [-0.15, -0.1) is 0 Å². The summed E-state index contributed by atoms with van der Waals surface area (Å²) in [5.41, 5.74) is 2.37. The van der Waals surface area contributed by atoms with Crippen molar-refractivity contribution in [2.24, 2.45) is 0 Å². The van der Waals surface area contributed by atoms with Gasteiger partial charge in [0.2, 0.25) is 17.7 Å². The molecule has 2 rings (SSSR count). The summed E-state index contributed by atoms with van der Waals surface area (Å²) in [5, 5.41) is 0. The zero-order chi connectivity index (χ0) is 14.7. The average Bonchev–Trinajstić information content (AvgIpc) is 2.46. The third-order valence-electron chi connectivity index (χ3n) is 3.13. The molecule has 0 aliphatic heterocycles. The van der Waals surface area contributed by atoms with Gasteiger partial charge >= 0.3 is 0 Å². The number of carbonyl (C=O) groups is 2. The van der Waals surface area contributed by atoms with Crippen molar-refractivity contribution in [3.63, 3.8) is 0 Å². The van der Waals surface area contributed by atoms with E-state index in [0.717, 1.165) is 11.1 Å². The van der Waals surface area contributed by atoms with Gasteiger partial charge in [0.25, 0.3) is 0 Å². The molecule has 2 aromatic carbocycles. The predicted molar refractivity (Wildman–Crippen MR) is 75.9 cm³/mol. The van der Waals surface area contributed by atoms with Crippen LogP contribution in [0, 0.1) is 13.8 Å². The van der Waals surface area contributed by atoms with Crippen LogP contribution in [-0.2, 0) is 0 Å². The summed E-state index contributed by atoms with van der Waals surface area (Å²) in [6.07, 6.45) is -2.15. The van der Waals surface area contributed by atoms with Crippen molar-refractivity contribution >= 4 is 11.6 Å². The van der Waals surface area contributed by atoms with Gasteiger partial charge in [-0.05, 0) is 13.8 Å². The smallest absolute Gasteiger partial charge is 0.225 e. The number of Topliss-reactive ketones (excluding diaryl/α,β-unsaturated/α-hetero) is 2. The van der Waals surface area contributed by atoms with Gasteiger partial charge in [0.1, 0.15) is 0 Å². The number of benzene rings is 2. The highest BCUT2D eigenvalue weighted by Crippen LogP contribution is 2.14. The van der Waals surface area contributed by atoms with E-state index in [-0.39, 0.29) is 11.1 Å². The Hall–Kier alpha value is -2.29. The monoisotopic (exact) mass is 270 g/mol. The Kier molecular flexibility index (Phi) is 4.08. The molecule has 0 aliphatic carbocycles. The second-order valence-electron chi connectivity index (χ2n) is 4.82. The van der Waals surface area contributed by atoms with E-state index in [4.69, 9.17) is 0 Å². The third kappa shape index (κ3) is 2.99. The fourth-order valence-electron chi connectivity index (χ4n) is 1.85. The number of carbonyl (C=O) groups excluding carboxylic acids is 2. The number of hydrogen-bond acceptors (Lipinski definition) is 2. The second-order valence-corrected chi connectivity index (χ2v) is 4.82. The van der Waals surface area contributed by atoms with Gasteiger partial charge in [-0.3, -0.25) is 9.59 Å². The van der Waals surface area contributed by atoms with Crippen molar-refractivity contribution in [3.05, 3.63) is 70.8 Å². The van der Waals surface area contributed by atoms with Crippen LogP contribution in [0.1, 0.15) is 31.8 Å². The van der Waals surface area contributed by atoms with Gasteiger partial charge in [-0.1, -0.05) is 59.7 Å². The van der Waals surface area contributed by atoms with E-state index in [9.17, 15) is 14.0 Å². The van der Waals surface area contributed by atoms with Crippen LogP contribution in [0.15, 0.2) is 48.5 Å². The Morgan fingerprint density at radius 2 is 1.05 bits per heavy atom. The maximum Gasteiger partial charge on any atom is 0.225 e. The first-order chi connectivity index (χ1) is 9.49. The zero-order valence-corrected chi connectivity index (χ0v) is 11.4. The predicted octanol–water partition coefficient (Wildman–Crippen LogP) is 3.71. The lowest BCUT2D eigenvalue weighted by Crippen LogP contribution is -2.26. The van der Waals surface area contributed by atoms with Crippen LogP contribution in [-0.4, -0.2) is 17.7 Å². The summed E-state index contributed by atoms with van der Waals surface area (Å²) < 4.78 is 14.1. The number of rotatable bonds is 4. The van der Waals surface area contributed by atoms with Crippen molar-refractivity contribution < 1.29 is 14.0 Å². The van der Waals surface area contributed by atoms with Crippen LogP contribution in [0.25, 0.3) is 0 Å². The number of halogens is 1. The van der Waals surface area contributed by atoms with E-state index in [1.165, 1.54) is 24.3 Å². The molecular formula is C17H15FO2. The van der Waals surface area contributed by atoms with E-state index in [2.05, 4.69) is 0 Å². The van der Waals surface area contributed by atoms with Crippen LogP contribution in [0.3, 0.4) is 0 Å². The Bertz CT molecular complexity index is 570. The highest BCUT2D eigenvalue weighted by molar-refractivity contribution is 6.18. The van der Waals surface area contributed by atoms with Gasteiger partial charge in [-0.2, -0.15) is 0 Å². The van der Waals surface area contributed by atoms with E-state index in [1.54, 1.807) is 24.3 Å². The van der Waals surface area contributed by atoms with Crippen molar-refractivity contribution in [3.8, 4) is 0 Å². The minimum atomic E-state index is -2.15. The maximum absolute atomic E-state index is 14.1. The van der Waals surface area contributed by atoms with Crippen LogP contribution in [0.2, 0.25) is 0 Å². The molecule has 20 heavy (non-hydrogen) atoms. The molecule has 0 atom stereocenters. The van der Waals surface area contributed by atoms with Crippen molar-refractivity contribution in [1.82, 2.24) is 0 Å². The fraction of sp³-hybridized carbons (Fsp3) is 0.176. The molecule has 0 heterocycles. The number of ketones is 2. The van der Waals surface area contributed by atoms with E-state index < -0.39 is 17.7 Å². The standard InChI is InChI=1S/C17H15FO2/c1-11-3-7-13(8-4-11)16(19)15(18)17(20)14-9-5-12(2)6-10-14/h3-10,15H,1-2H3. The lowest BCUT2D eigenvalue weighted by Gasteiger charge is -2.07. The summed E-state index contributed by atoms with van der Waals surface area (Å²) in [6, 6.07) is 13.0. The molecule has 0 amide bonds. The summed E-state index contributed by atoms with van der Waals surface area (Å²) in [7, 11) is 0. The summed E-state index contributed by atoms with van der Waals surface area (Å²) in [5.74, 6) is -1.59. The number of hydrogen-bond donors (Lipinski definition) is 0. The van der Waals surface area contributed by atoms with Crippen LogP contribution >= 0.6 is 0 Å². The molecule has 0 aromatic heterocycles. The second kappa shape index (κ2) is 5.78. The molecule has 0 N–H and O–H groups in total. The zero-order valence-electron chi connectivity index (χ0n) is 11.4. The molecule has 2 aromatic rings. The lowest BCUT2D eigenvalue weighted by molar-refractivity contribution is 0.0758. The van der Waals surface area contributed by atoms with Crippen LogP contribution in [0.4, 0.5) is 4.39 Å². The minimum absolute atomic E-state index is 0.212. The number of aryl methyl sites for hydroxylation is 2. The molecule has 0 unspecified atom stereocenters. The van der Waals surface area contributed by atoms with Gasteiger partial charge in [0, 0.05) is 11.1 Å². The van der Waals surface area contributed by atoms with Crippen molar-refractivity contribution in [2.75, 3.05) is 0 Å². The molecule has 0 radical (unpaired) electrons. The van der Waals surface area contributed by atoms with Gasteiger partial charge in [0.15, 0.2) is 0 Å². The fourth-order valence-corrected chi connectivity index (χ4v) is 1.85. The normalized spacial score (nSPS) is 10.6. The summed E-state index contributed by atoms with van der Waals surface area (Å²) >= 11 is 0. The van der Waals surface area contributed by atoms with Crippen molar-refractivity contribution in [2.45, 2.75) is 20.0 Å². The highest BCUT2D eigenvalue weighted by atomic mass is 19.1.